The summed E-state index contributed by atoms with van der Waals surface area (Å²) in [5.41, 5.74) is 2.13. The second kappa shape index (κ2) is 6.26. The molecule has 1 heterocycles. The SMILES string of the molecule is C=CCn1c(O)c(C=C2C(C)=CCCC2C)c(=O)[nH]c1=S. The van der Waals surface area contributed by atoms with E-state index in [1.165, 1.54) is 4.57 Å². The Labute approximate surface area is 129 Å². The van der Waals surface area contributed by atoms with Gasteiger partial charge in [0, 0.05) is 6.54 Å². The van der Waals surface area contributed by atoms with Crippen molar-refractivity contribution in [2.75, 3.05) is 0 Å². The Morgan fingerprint density at radius 1 is 1.62 bits per heavy atom. The molecular weight excluding hydrogens is 284 g/mol. The minimum absolute atomic E-state index is 0.110. The Morgan fingerprint density at radius 2 is 2.33 bits per heavy atom. The topological polar surface area (TPSA) is 58.0 Å². The largest absolute Gasteiger partial charge is 0.494 e. The van der Waals surface area contributed by atoms with Crippen LogP contribution < -0.4 is 5.56 Å². The summed E-state index contributed by atoms with van der Waals surface area (Å²) in [5, 5.41) is 10.3. The molecule has 2 N–H and O–H groups in total. The second-order valence-corrected chi connectivity index (χ2v) is 5.75. The summed E-state index contributed by atoms with van der Waals surface area (Å²) in [6.07, 6.45) is 7.66. The molecule has 0 aromatic carbocycles. The van der Waals surface area contributed by atoms with Crippen molar-refractivity contribution >= 4 is 18.3 Å². The Hall–Kier alpha value is -1.88. The van der Waals surface area contributed by atoms with Gasteiger partial charge in [-0.2, -0.15) is 0 Å². The Bertz CT molecular complexity index is 738. The van der Waals surface area contributed by atoms with E-state index in [0.29, 0.717) is 12.5 Å². The molecule has 1 aliphatic rings. The van der Waals surface area contributed by atoms with Crippen LogP contribution >= 0.6 is 12.2 Å². The third-order valence-electron chi connectivity index (χ3n) is 3.85. The maximum absolute atomic E-state index is 12.1. The molecule has 1 aromatic rings. The lowest BCUT2D eigenvalue weighted by atomic mass is 9.84. The van der Waals surface area contributed by atoms with Crippen molar-refractivity contribution in [3.8, 4) is 5.88 Å². The number of hydrogen-bond donors (Lipinski definition) is 2. The van der Waals surface area contributed by atoms with Crippen LogP contribution in [0.2, 0.25) is 0 Å². The molecule has 1 atom stereocenters. The molecule has 2 rings (SSSR count). The zero-order valence-electron chi connectivity index (χ0n) is 12.3. The van der Waals surface area contributed by atoms with Gasteiger partial charge in [-0.25, -0.2) is 0 Å². The molecule has 0 radical (unpaired) electrons. The quantitative estimate of drug-likeness (QED) is 0.663. The maximum atomic E-state index is 12.1. The highest BCUT2D eigenvalue weighted by molar-refractivity contribution is 7.71. The number of hydrogen-bond acceptors (Lipinski definition) is 3. The minimum Gasteiger partial charge on any atom is -0.494 e. The summed E-state index contributed by atoms with van der Waals surface area (Å²) < 4.78 is 1.66. The fourth-order valence-corrected chi connectivity index (χ4v) is 2.88. The van der Waals surface area contributed by atoms with E-state index in [9.17, 15) is 9.90 Å². The van der Waals surface area contributed by atoms with E-state index in [1.807, 2.05) is 6.92 Å². The van der Waals surface area contributed by atoms with Crippen LogP contribution in [-0.2, 0) is 6.54 Å². The van der Waals surface area contributed by atoms with Crippen LogP contribution in [-0.4, -0.2) is 14.7 Å². The molecule has 0 saturated carbocycles. The van der Waals surface area contributed by atoms with Gasteiger partial charge in [-0.1, -0.05) is 24.6 Å². The summed E-state index contributed by atoms with van der Waals surface area (Å²) >= 11 is 5.07. The van der Waals surface area contributed by atoms with Crippen LogP contribution in [0.5, 0.6) is 5.88 Å². The normalized spacial score (nSPS) is 20.4. The molecule has 0 bridgehead atoms. The van der Waals surface area contributed by atoms with Gasteiger partial charge in [0.25, 0.3) is 5.56 Å². The lowest BCUT2D eigenvalue weighted by molar-refractivity contribution is 0.412. The monoisotopic (exact) mass is 304 g/mol. The van der Waals surface area contributed by atoms with Crippen molar-refractivity contribution in [2.45, 2.75) is 33.2 Å². The molecule has 1 aromatic heterocycles. The average molecular weight is 304 g/mol. The molecule has 1 unspecified atom stereocenters. The Balaban J connectivity index is 2.64. The standard InChI is InChI=1S/C16H20N2O2S/c1-4-8-18-15(20)13(14(19)17-16(18)21)9-12-10(2)6-5-7-11(12)3/h4,6,9,11,20H,1,5,7-8H2,2-3H3,(H,17,19,21). The van der Waals surface area contributed by atoms with Crippen LogP contribution in [0.15, 0.2) is 34.7 Å². The first-order valence-electron chi connectivity index (χ1n) is 7.01. The molecule has 0 fully saturated rings. The fraction of sp³-hybridized carbons (Fsp3) is 0.375. The molecule has 1 aliphatic carbocycles. The summed E-state index contributed by atoms with van der Waals surface area (Å²) in [7, 11) is 0. The zero-order chi connectivity index (χ0) is 15.6. The predicted octanol–water partition coefficient (Wildman–Crippen LogP) is 3.56. The van der Waals surface area contributed by atoms with Gasteiger partial charge in [-0.3, -0.25) is 14.3 Å². The highest BCUT2D eigenvalue weighted by atomic mass is 32.1. The molecule has 0 aliphatic heterocycles. The number of aromatic hydroxyl groups is 1. The van der Waals surface area contributed by atoms with E-state index in [4.69, 9.17) is 12.2 Å². The lowest BCUT2D eigenvalue weighted by Gasteiger charge is -2.21. The van der Waals surface area contributed by atoms with Crippen molar-refractivity contribution in [1.29, 1.82) is 0 Å². The molecule has 112 valence electrons. The number of aromatic nitrogens is 2. The average Bonchev–Trinajstić information content (AvgIpc) is 2.42. The lowest BCUT2D eigenvalue weighted by Crippen LogP contribution is -2.17. The van der Waals surface area contributed by atoms with E-state index >= 15 is 0 Å². The second-order valence-electron chi connectivity index (χ2n) is 5.36. The van der Waals surface area contributed by atoms with E-state index in [2.05, 4.69) is 24.6 Å². The van der Waals surface area contributed by atoms with E-state index in [0.717, 1.165) is 24.0 Å². The highest BCUT2D eigenvalue weighted by Gasteiger charge is 2.17. The van der Waals surface area contributed by atoms with E-state index < -0.39 is 0 Å². The van der Waals surface area contributed by atoms with Gasteiger partial charge >= 0.3 is 0 Å². The summed E-state index contributed by atoms with van der Waals surface area (Å²) in [5.74, 6) is 0.256. The Morgan fingerprint density at radius 3 is 2.95 bits per heavy atom. The summed E-state index contributed by atoms with van der Waals surface area (Å²) in [6.45, 7) is 8.15. The number of rotatable bonds is 3. The van der Waals surface area contributed by atoms with Crippen LogP contribution in [0.25, 0.3) is 6.08 Å². The third kappa shape index (κ3) is 3.08. The highest BCUT2D eigenvalue weighted by Crippen LogP contribution is 2.31. The first kappa shape index (κ1) is 15.5. The number of nitrogens with zero attached hydrogens (tertiary/aromatic N) is 1. The molecule has 0 amide bonds. The van der Waals surface area contributed by atoms with Crippen LogP contribution in [0.4, 0.5) is 0 Å². The van der Waals surface area contributed by atoms with E-state index in [-0.39, 0.29) is 21.8 Å². The number of aromatic amines is 1. The van der Waals surface area contributed by atoms with Gasteiger partial charge in [0.05, 0.1) is 0 Å². The number of H-pyrrole nitrogens is 1. The summed E-state index contributed by atoms with van der Waals surface area (Å²) in [6, 6.07) is 0. The molecule has 5 heteroatoms. The zero-order valence-corrected chi connectivity index (χ0v) is 13.2. The van der Waals surface area contributed by atoms with Crippen LogP contribution in [0.1, 0.15) is 32.3 Å². The van der Waals surface area contributed by atoms with Crippen molar-refractivity contribution in [3.63, 3.8) is 0 Å². The number of nitrogens with one attached hydrogen (secondary N) is 1. The maximum Gasteiger partial charge on any atom is 0.262 e. The Kier molecular flexibility index (Phi) is 4.63. The fourth-order valence-electron chi connectivity index (χ4n) is 2.63. The molecular formula is C16H20N2O2S. The van der Waals surface area contributed by atoms with Crippen molar-refractivity contribution in [1.82, 2.24) is 9.55 Å². The van der Waals surface area contributed by atoms with Crippen molar-refractivity contribution < 1.29 is 5.11 Å². The smallest absolute Gasteiger partial charge is 0.262 e. The van der Waals surface area contributed by atoms with Gasteiger partial charge in [-0.15, -0.1) is 6.58 Å². The van der Waals surface area contributed by atoms with Crippen molar-refractivity contribution in [2.24, 2.45) is 5.92 Å². The van der Waals surface area contributed by atoms with Gasteiger partial charge in [0.15, 0.2) is 4.77 Å². The van der Waals surface area contributed by atoms with E-state index in [1.54, 1.807) is 12.2 Å². The molecule has 0 spiro atoms. The van der Waals surface area contributed by atoms with Crippen LogP contribution in [0.3, 0.4) is 0 Å². The van der Waals surface area contributed by atoms with Crippen LogP contribution in [0, 0.1) is 10.7 Å². The third-order valence-corrected chi connectivity index (χ3v) is 4.18. The van der Waals surface area contributed by atoms with Crippen molar-refractivity contribution in [3.05, 3.63) is 50.6 Å². The molecule has 21 heavy (non-hydrogen) atoms. The molecule has 0 saturated heterocycles. The first-order chi connectivity index (χ1) is 9.95. The van der Waals surface area contributed by atoms with Gasteiger partial charge in [0.1, 0.15) is 5.56 Å². The predicted molar refractivity (Wildman–Crippen MR) is 87.9 cm³/mol. The molecule has 4 nitrogen and oxygen atoms in total. The van der Waals surface area contributed by atoms with Gasteiger partial charge in [0.2, 0.25) is 5.88 Å². The van der Waals surface area contributed by atoms with Gasteiger partial charge < -0.3 is 5.11 Å². The number of allylic oxidation sites excluding steroid dienone is 4. The van der Waals surface area contributed by atoms with Gasteiger partial charge in [-0.05, 0) is 49.6 Å². The summed E-state index contributed by atoms with van der Waals surface area (Å²) in [4.78, 5) is 14.7. The minimum atomic E-state index is -0.365. The first-order valence-corrected chi connectivity index (χ1v) is 7.42.